The summed E-state index contributed by atoms with van der Waals surface area (Å²) in [6.45, 7) is 0. The van der Waals surface area contributed by atoms with E-state index in [1.54, 1.807) is 12.2 Å². The minimum atomic E-state index is -0.940. The minimum absolute atomic E-state index is 0.262. The smallest absolute Gasteiger partial charge is 0.119 e. The van der Waals surface area contributed by atoms with Crippen LogP contribution in [-0.4, -0.2) is 21.4 Å². The van der Waals surface area contributed by atoms with E-state index in [-0.39, 0.29) is 11.8 Å². The lowest BCUT2D eigenvalue weighted by atomic mass is 9.53. The predicted octanol–water partition coefficient (Wildman–Crippen LogP) is 0.614. The van der Waals surface area contributed by atoms with Gasteiger partial charge in [-0.05, 0) is 12.8 Å². The van der Waals surface area contributed by atoms with Gasteiger partial charge in [0, 0.05) is 11.8 Å². The van der Waals surface area contributed by atoms with Gasteiger partial charge in [-0.1, -0.05) is 24.3 Å². The van der Waals surface area contributed by atoms with Crippen LogP contribution in [0.15, 0.2) is 24.3 Å². The predicted molar refractivity (Wildman–Crippen MR) is 44.4 cm³/mol. The summed E-state index contributed by atoms with van der Waals surface area (Å²) in [5.41, 5.74) is -1.88. The molecule has 0 spiro atoms. The Labute approximate surface area is 71.2 Å². The topological polar surface area (TPSA) is 40.5 Å². The first-order valence-corrected chi connectivity index (χ1v) is 4.48. The molecule has 0 radical (unpaired) electrons. The normalized spacial score (nSPS) is 59.8. The van der Waals surface area contributed by atoms with E-state index in [0.717, 1.165) is 12.8 Å². The van der Waals surface area contributed by atoms with Gasteiger partial charge < -0.3 is 10.2 Å². The van der Waals surface area contributed by atoms with E-state index in [2.05, 4.69) is 0 Å². The first-order chi connectivity index (χ1) is 5.68. The van der Waals surface area contributed by atoms with Crippen LogP contribution >= 0.6 is 0 Å². The molecule has 2 nitrogen and oxygen atoms in total. The highest BCUT2D eigenvalue weighted by Gasteiger charge is 2.70. The van der Waals surface area contributed by atoms with Crippen molar-refractivity contribution >= 4 is 0 Å². The molecule has 12 heavy (non-hydrogen) atoms. The van der Waals surface area contributed by atoms with E-state index in [1.807, 2.05) is 12.2 Å². The van der Waals surface area contributed by atoms with Crippen molar-refractivity contribution in [1.82, 2.24) is 0 Å². The van der Waals surface area contributed by atoms with Crippen molar-refractivity contribution in [1.29, 1.82) is 0 Å². The summed E-state index contributed by atoms with van der Waals surface area (Å²) in [5.74, 6) is 0.523. The number of fused-ring (bicyclic) bond motifs is 4. The van der Waals surface area contributed by atoms with Crippen LogP contribution in [0.5, 0.6) is 0 Å². The van der Waals surface area contributed by atoms with Gasteiger partial charge in [-0.2, -0.15) is 0 Å². The van der Waals surface area contributed by atoms with Crippen molar-refractivity contribution in [3.05, 3.63) is 24.3 Å². The van der Waals surface area contributed by atoms with Crippen molar-refractivity contribution in [3.8, 4) is 0 Å². The van der Waals surface area contributed by atoms with Gasteiger partial charge in [0.15, 0.2) is 0 Å². The number of hydrogen-bond acceptors (Lipinski definition) is 2. The third-order valence-electron chi connectivity index (χ3n) is 3.78. The molecule has 0 bridgehead atoms. The van der Waals surface area contributed by atoms with Gasteiger partial charge in [0.25, 0.3) is 0 Å². The Balaban J connectivity index is 2.09. The maximum atomic E-state index is 10.1. The molecule has 3 aliphatic rings. The Morgan fingerprint density at radius 3 is 1.75 bits per heavy atom. The molecule has 3 aliphatic carbocycles. The van der Waals surface area contributed by atoms with Crippen molar-refractivity contribution < 1.29 is 10.2 Å². The van der Waals surface area contributed by atoms with Crippen LogP contribution < -0.4 is 0 Å². The molecule has 0 heterocycles. The van der Waals surface area contributed by atoms with Gasteiger partial charge in [-0.3, -0.25) is 0 Å². The highest BCUT2D eigenvalue weighted by molar-refractivity contribution is 5.40. The molecule has 1 saturated carbocycles. The molecular formula is C10H12O2. The number of allylic oxidation sites excluding steroid dienone is 2. The van der Waals surface area contributed by atoms with Crippen LogP contribution in [0.1, 0.15) is 12.8 Å². The minimum Gasteiger partial charge on any atom is -0.382 e. The molecule has 0 aliphatic heterocycles. The molecule has 4 atom stereocenters. The van der Waals surface area contributed by atoms with Crippen molar-refractivity contribution in [2.75, 3.05) is 0 Å². The number of rotatable bonds is 0. The van der Waals surface area contributed by atoms with E-state index in [9.17, 15) is 10.2 Å². The molecule has 2 heteroatoms. The second-order valence-corrected chi connectivity index (χ2v) is 4.14. The Morgan fingerprint density at radius 2 is 1.33 bits per heavy atom. The van der Waals surface area contributed by atoms with E-state index in [1.165, 1.54) is 0 Å². The summed E-state index contributed by atoms with van der Waals surface area (Å²) in [4.78, 5) is 0. The lowest BCUT2D eigenvalue weighted by molar-refractivity contribution is -0.240. The van der Waals surface area contributed by atoms with Crippen LogP contribution in [-0.2, 0) is 0 Å². The van der Waals surface area contributed by atoms with Gasteiger partial charge in [0.05, 0.1) is 0 Å². The van der Waals surface area contributed by atoms with Gasteiger partial charge in [0.1, 0.15) is 11.2 Å². The number of aliphatic hydroxyl groups is 2. The van der Waals surface area contributed by atoms with Crippen molar-refractivity contribution in [2.45, 2.75) is 24.0 Å². The van der Waals surface area contributed by atoms with Gasteiger partial charge in [-0.25, -0.2) is 0 Å². The largest absolute Gasteiger partial charge is 0.382 e. The standard InChI is InChI=1S/C10H12O2/c11-9-5-1-3-7(9)8-4-2-6-10(8,9)12/h1-2,5-8,11-12H,3-4H2/t7-,8+,9+,10-. The first kappa shape index (κ1) is 6.87. The molecule has 0 saturated heterocycles. The molecule has 3 rings (SSSR count). The molecule has 0 unspecified atom stereocenters. The Hall–Kier alpha value is -0.600. The molecule has 1 fully saturated rings. The summed E-state index contributed by atoms with van der Waals surface area (Å²) >= 11 is 0. The third-order valence-corrected chi connectivity index (χ3v) is 3.78. The number of hydrogen-bond donors (Lipinski definition) is 2. The third kappa shape index (κ3) is 0.450. The lowest BCUT2D eigenvalue weighted by Crippen LogP contribution is -2.70. The van der Waals surface area contributed by atoms with E-state index in [0.29, 0.717) is 0 Å². The highest BCUT2D eigenvalue weighted by atomic mass is 16.4. The molecule has 64 valence electrons. The molecule has 0 aromatic carbocycles. The zero-order valence-electron chi connectivity index (χ0n) is 6.77. The summed E-state index contributed by atoms with van der Waals surface area (Å²) in [7, 11) is 0. The highest BCUT2D eigenvalue weighted by Crippen LogP contribution is 2.61. The monoisotopic (exact) mass is 164 g/mol. The lowest BCUT2D eigenvalue weighted by Gasteiger charge is -2.57. The van der Waals surface area contributed by atoms with Gasteiger partial charge >= 0.3 is 0 Å². The van der Waals surface area contributed by atoms with Crippen LogP contribution in [0.3, 0.4) is 0 Å². The average Bonchev–Trinajstić information content (AvgIpc) is 2.54. The van der Waals surface area contributed by atoms with E-state index >= 15 is 0 Å². The average molecular weight is 164 g/mol. The molecular weight excluding hydrogens is 152 g/mol. The van der Waals surface area contributed by atoms with E-state index in [4.69, 9.17) is 0 Å². The first-order valence-electron chi connectivity index (χ1n) is 4.48. The van der Waals surface area contributed by atoms with Gasteiger partial charge in [-0.15, -0.1) is 0 Å². The SMILES string of the molecule is O[C@]12C=CC[C@H]1[C@H]1CC=C[C@]12O. The Kier molecular flexibility index (Phi) is 0.960. The van der Waals surface area contributed by atoms with Crippen LogP contribution in [0, 0.1) is 11.8 Å². The second kappa shape index (κ2) is 1.68. The molecule has 0 aromatic heterocycles. The zero-order chi connectivity index (χ0) is 8.40. The van der Waals surface area contributed by atoms with Crippen LogP contribution in [0.4, 0.5) is 0 Å². The van der Waals surface area contributed by atoms with Gasteiger partial charge in [0.2, 0.25) is 0 Å². The summed E-state index contributed by atoms with van der Waals surface area (Å²) < 4.78 is 0. The van der Waals surface area contributed by atoms with Crippen LogP contribution in [0.25, 0.3) is 0 Å². The Morgan fingerprint density at radius 1 is 0.917 bits per heavy atom. The summed E-state index contributed by atoms with van der Waals surface area (Å²) in [5, 5.41) is 20.2. The molecule has 2 N–H and O–H groups in total. The fourth-order valence-corrected chi connectivity index (χ4v) is 3.10. The fourth-order valence-electron chi connectivity index (χ4n) is 3.10. The van der Waals surface area contributed by atoms with E-state index < -0.39 is 11.2 Å². The van der Waals surface area contributed by atoms with Crippen molar-refractivity contribution in [3.63, 3.8) is 0 Å². The summed E-state index contributed by atoms with van der Waals surface area (Å²) in [6, 6.07) is 0. The molecule has 0 aromatic rings. The maximum Gasteiger partial charge on any atom is 0.119 e. The fraction of sp³-hybridized carbons (Fsp3) is 0.600. The Bertz CT molecular complexity index is 264. The second-order valence-electron chi connectivity index (χ2n) is 4.14. The summed E-state index contributed by atoms with van der Waals surface area (Å²) in [6.07, 6.45) is 9.34. The maximum absolute atomic E-state index is 10.1. The van der Waals surface area contributed by atoms with Crippen molar-refractivity contribution in [2.24, 2.45) is 11.8 Å². The zero-order valence-corrected chi connectivity index (χ0v) is 6.77. The molecule has 0 amide bonds. The van der Waals surface area contributed by atoms with Crippen LogP contribution in [0.2, 0.25) is 0 Å². The quantitative estimate of drug-likeness (QED) is 0.515.